The van der Waals surface area contributed by atoms with Crippen LogP contribution < -0.4 is 0 Å². The van der Waals surface area contributed by atoms with Gasteiger partial charge in [-0.25, -0.2) is 9.59 Å². The highest BCUT2D eigenvalue weighted by Crippen LogP contribution is 2.31. The van der Waals surface area contributed by atoms with Crippen LogP contribution in [0, 0.1) is 0 Å². The third-order valence-corrected chi connectivity index (χ3v) is 5.95. The number of rotatable bonds is 4. The van der Waals surface area contributed by atoms with Gasteiger partial charge in [0.2, 0.25) is 0 Å². The standard InChI is InChI=1S/C20H19IO6/c1-12-15(21)16(26-18(22)13-8-4-2-5-9-13)17(20(24)25-12)27-19(23)14-10-6-3-7-11-14/h2-12,15-17,20,24H,1H3/t12-,15-,16-,17+,20+/m0/s1. The summed E-state index contributed by atoms with van der Waals surface area (Å²) in [5.41, 5.74) is 0.712. The van der Waals surface area contributed by atoms with Gasteiger partial charge in [-0.1, -0.05) is 59.0 Å². The summed E-state index contributed by atoms with van der Waals surface area (Å²) in [6, 6.07) is 16.9. The molecule has 7 heteroatoms. The second-order valence-corrected chi connectivity index (χ2v) is 7.59. The Kier molecular flexibility index (Phi) is 6.46. The van der Waals surface area contributed by atoms with Gasteiger partial charge in [-0.05, 0) is 31.2 Å². The average Bonchev–Trinajstić information content (AvgIpc) is 2.69. The van der Waals surface area contributed by atoms with Crippen molar-refractivity contribution in [3.63, 3.8) is 0 Å². The van der Waals surface area contributed by atoms with Crippen molar-refractivity contribution in [3.8, 4) is 0 Å². The Morgan fingerprint density at radius 1 is 0.889 bits per heavy atom. The van der Waals surface area contributed by atoms with Gasteiger partial charge in [-0.2, -0.15) is 0 Å². The molecule has 0 aromatic heterocycles. The molecule has 6 nitrogen and oxygen atoms in total. The summed E-state index contributed by atoms with van der Waals surface area (Å²) < 4.78 is 16.2. The number of esters is 2. The molecular weight excluding hydrogens is 463 g/mol. The van der Waals surface area contributed by atoms with Crippen LogP contribution in [0.3, 0.4) is 0 Å². The van der Waals surface area contributed by atoms with E-state index < -0.39 is 30.4 Å². The minimum Gasteiger partial charge on any atom is -0.453 e. The lowest BCUT2D eigenvalue weighted by Crippen LogP contribution is -2.57. The first-order valence-electron chi connectivity index (χ1n) is 8.47. The van der Waals surface area contributed by atoms with Crippen LogP contribution in [0.5, 0.6) is 0 Å². The smallest absolute Gasteiger partial charge is 0.338 e. The van der Waals surface area contributed by atoms with Crippen molar-refractivity contribution in [1.82, 2.24) is 0 Å². The van der Waals surface area contributed by atoms with Gasteiger partial charge < -0.3 is 19.3 Å². The zero-order valence-electron chi connectivity index (χ0n) is 14.5. The monoisotopic (exact) mass is 482 g/mol. The molecule has 2 aromatic rings. The fourth-order valence-electron chi connectivity index (χ4n) is 2.77. The topological polar surface area (TPSA) is 82.1 Å². The molecule has 0 radical (unpaired) electrons. The Morgan fingerprint density at radius 3 is 1.81 bits per heavy atom. The van der Waals surface area contributed by atoms with E-state index in [4.69, 9.17) is 14.2 Å². The number of ether oxygens (including phenoxy) is 3. The highest BCUT2D eigenvalue weighted by atomic mass is 127. The largest absolute Gasteiger partial charge is 0.453 e. The summed E-state index contributed by atoms with van der Waals surface area (Å²) in [6.07, 6.45) is -3.78. The maximum atomic E-state index is 12.5. The Hall–Kier alpha value is -1.97. The quantitative estimate of drug-likeness (QED) is 0.410. The fraction of sp³-hybridized carbons (Fsp3) is 0.300. The Balaban J connectivity index is 1.80. The number of hydrogen-bond acceptors (Lipinski definition) is 6. The zero-order valence-corrected chi connectivity index (χ0v) is 16.7. The highest BCUT2D eigenvalue weighted by Gasteiger charge is 2.47. The molecule has 1 heterocycles. The Bertz CT molecular complexity index is 782. The lowest BCUT2D eigenvalue weighted by molar-refractivity contribution is -0.237. The maximum Gasteiger partial charge on any atom is 0.338 e. The summed E-state index contributed by atoms with van der Waals surface area (Å²) >= 11 is 2.08. The molecule has 5 atom stereocenters. The van der Waals surface area contributed by atoms with Gasteiger partial charge in [-0.3, -0.25) is 0 Å². The zero-order chi connectivity index (χ0) is 19.4. The molecule has 1 aliphatic rings. The van der Waals surface area contributed by atoms with Gasteiger partial charge in [0.1, 0.15) is 0 Å². The van der Waals surface area contributed by atoms with Gasteiger partial charge in [0.25, 0.3) is 0 Å². The van der Waals surface area contributed by atoms with Crippen molar-refractivity contribution in [2.24, 2.45) is 0 Å². The second-order valence-electron chi connectivity index (χ2n) is 6.15. The molecule has 3 rings (SSSR count). The SMILES string of the molecule is C[C@@H]1O[C@@H](O)[C@H](OC(=O)c2ccccc2)[C@@H](OC(=O)c2ccccc2)[C@H]1I. The van der Waals surface area contributed by atoms with E-state index in [1.165, 1.54) is 0 Å². The van der Waals surface area contributed by atoms with Crippen LogP contribution in [0.4, 0.5) is 0 Å². The molecule has 142 valence electrons. The normalized spacial score (nSPS) is 27.6. The van der Waals surface area contributed by atoms with Crippen LogP contribution in [0.25, 0.3) is 0 Å². The molecule has 1 saturated heterocycles. The number of hydrogen-bond donors (Lipinski definition) is 1. The molecule has 0 spiro atoms. The molecule has 2 aromatic carbocycles. The molecule has 0 aliphatic carbocycles. The van der Waals surface area contributed by atoms with Crippen molar-refractivity contribution in [1.29, 1.82) is 0 Å². The number of carbonyl (C=O) groups is 2. The minimum atomic E-state index is -1.40. The van der Waals surface area contributed by atoms with E-state index in [9.17, 15) is 14.7 Å². The van der Waals surface area contributed by atoms with E-state index in [1.54, 1.807) is 67.6 Å². The van der Waals surface area contributed by atoms with Crippen molar-refractivity contribution in [2.45, 2.75) is 35.5 Å². The molecule has 1 aliphatic heterocycles. The summed E-state index contributed by atoms with van der Waals surface area (Å²) in [5, 5.41) is 10.3. The van der Waals surface area contributed by atoms with Gasteiger partial charge in [0.05, 0.1) is 21.2 Å². The molecule has 0 bridgehead atoms. The lowest BCUT2D eigenvalue weighted by atomic mass is 10.0. The highest BCUT2D eigenvalue weighted by molar-refractivity contribution is 14.1. The first kappa shape index (κ1) is 19.8. The van der Waals surface area contributed by atoms with Gasteiger partial charge >= 0.3 is 11.9 Å². The molecule has 0 saturated carbocycles. The molecule has 27 heavy (non-hydrogen) atoms. The van der Waals surface area contributed by atoms with E-state index in [1.807, 2.05) is 0 Å². The van der Waals surface area contributed by atoms with E-state index in [-0.39, 0.29) is 10.0 Å². The van der Waals surface area contributed by atoms with Crippen LogP contribution in [0.1, 0.15) is 27.6 Å². The van der Waals surface area contributed by atoms with Gasteiger partial charge in [-0.15, -0.1) is 0 Å². The van der Waals surface area contributed by atoms with Crippen molar-refractivity contribution >= 4 is 34.5 Å². The number of halogens is 1. The third kappa shape index (κ3) is 4.66. The summed E-state index contributed by atoms with van der Waals surface area (Å²) in [7, 11) is 0. The molecule has 0 amide bonds. The van der Waals surface area contributed by atoms with E-state index in [0.29, 0.717) is 11.1 Å². The third-order valence-electron chi connectivity index (χ3n) is 4.23. The first-order chi connectivity index (χ1) is 13.0. The number of aliphatic hydroxyl groups is 1. The Morgan fingerprint density at radius 2 is 1.33 bits per heavy atom. The summed E-state index contributed by atoms with van der Waals surface area (Å²) in [5.74, 6) is -1.17. The maximum absolute atomic E-state index is 12.5. The van der Waals surface area contributed by atoms with E-state index >= 15 is 0 Å². The fourth-order valence-corrected chi connectivity index (χ4v) is 3.50. The number of carbonyl (C=O) groups excluding carboxylic acids is 2. The predicted molar refractivity (Wildman–Crippen MR) is 106 cm³/mol. The van der Waals surface area contributed by atoms with Crippen LogP contribution in [-0.2, 0) is 14.2 Å². The van der Waals surface area contributed by atoms with Crippen LogP contribution in [-0.4, -0.2) is 45.6 Å². The van der Waals surface area contributed by atoms with E-state index in [2.05, 4.69) is 22.6 Å². The second kappa shape index (κ2) is 8.81. The number of alkyl halides is 1. The van der Waals surface area contributed by atoms with Crippen LogP contribution in [0.2, 0.25) is 0 Å². The van der Waals surface area contributed by atoms with Gasteiger partial charge in [0.15, 0.2) is 18.5 Å². The van der Waals surface area contributed by atoms with Gasteiger partial charge in [0, 0.05) is 0 Å². The molecule has 1 N–H and O–H groups in total. The number of aliphatic hydroxyl groups excluding tert-OH is 1. The molecular formula is C20H19IO6. The average molecular weight is 482 g/mol. The van der Waals surface area contributed by atoms with Crippen LogP contribution in [0.15, 0.2) is 60.7 Å². The van der Waals surface area contributed by atoms with Crippen molar-refractivity contribution in [2.75, 3.05) is 0 Å². The minimum absolute atomic E-state index is 0.313. The van der Waals surface area contributed by atoms with Crippen LogP contribution >= 0.6 is 22.6 Å². The predicted octanol–water partition coefficient (Wildman–Crippen LogP) is 2.98. The Labute approximate surface area is 170 Å². The lowest BCUT2D eigenvalue weighted by Gasteiger charge is -2.40. The van der Waals surface area contributed by atoms with Crippen molar-refractivity contribution < 1.29 is 28.9 Å². The number of benzene rings is 2. The van der Waals surface area contributed by atoms with E-state index in [0.717, 1.165) is 0 Å². The van der Waals surface area contributed by atoms with Crippen molar-refractivity contribution in [3.05, 3.63) is 71.8 Å². The molecule has 0 unspecified atom stereocenters. The summed E-state index contributed by atoms with van der Waals surface area (Å²) in [6.45, 7) is 1.76. The molecule has 1 fully saturated rings. The summed E-state index contributed by atoms with van der Waals surface area (Å²) in [4.78, 5) is 24.9. The first-order valence-corrected chi connectivity index (χ1v) is 9.71.